The van der Waals surface area contributed by atoms with Gasteiger partial charge in [0.05, 0.1) is 6.61 Å². The minimum Gasteiger partial charge on any atom is -0.483 e. The van der Waals surface area contributed by atoms with Crippen LogP contribution in [0.1, 0.15) is 16.7 Å². The third-order valence-electron chi connectivity index (χ3n) is 3.23. The Bertz CT molecular complexity index is 638. The molecule has 0 bridgehead atoms. The summed E-state index contributed by atoms with van der Waals surface area (Å²) in [5, 5.41) is 12.1. The zero-order valence-electron chi connectivity index (χ0n) is 12.2. The Balaban J connectivity index is 2.01. The summed E-state index contributed by atoms with van der Waals surface area (Å²) in [5.41, 5.74) is 3.35. The molecule has 2 aromatic carbocycles. The third kappa shape index (κ3) is 3.83. The van der Waals surface area contributed by atoms with E-state index < -0.39 is 0 Å². The molecule has 2 rings (SSSR count). The summed E-state index contributed by atoms with van der Waals surface area (Å²) in [7, 11) is 0. The van der Waals surface area contributed by atoms with Crippen molar-refractivity contribution in [2.24, 2.45) is 0 Å². The lowest BCUT2D eigenvalue weighted by atomic mass is 10.1. The maximum Gasteiger partial charge on any atom is 0.262 e. The van der Waals surface area contributed by atoms with E-state index in [0.29, 0.717) is 11.3 Å². The number of hydrogen-bond donors (Lipinski definition) is 2. The summed E-state index contributed by atoms with van der Waals surface area (Å²) in [6.45, 7) is 3.61. The molecule has 21 heavy (non-hydrogen) atoms. The molecule has 0 spiro atoms. The van der Waals surface area contributed by atoms with Crippen LogP contribution in [0.4, 0.5) is 5.69 Å². The predicted octanol–water partition coefficient (Wildman–Crippen LogP) is 2.81. The van der Waals surface area contributed by atoms with Gasteiger partial charge in [-0.15, -0.1) is 0 Å². The van der Waals surface area contributed by atoms with Crippen molar-refractivity contribution in [3.8, 4) is 5.75 Å². The number of anilines is 1. The van der Waals surface area contributed by atoms with Gasteiger partial charge in [-0.05, 0) is 31.0 Å². The Kier molecular flexibility index (Phi) is 4.95. The molecule has 0 unspecified atom stereocenters. The van der Waals surface area contributed by atoms with Gasteiger partial charge in [-0.1, -0.05) is 36.4 Å². The van der Waals surface area contributed by atoms with E-state index in [9.17, 15) is 9.90 Å². The van der Waals surface area contributed by atoms with E-state index in [0.717, 1.165) is 16.8 Å². The zero-order chi connectivity index (χ0) is 15.2. The van der Waals surface area contributed by atoms with E-state index in [1.54, 1.807) is 6.07 Å². The second-order valence-electron chi connectivity index (χ2n) is 4.87. The number of aliphatic hydroxyl groups is 1. The largest absolute Gasteiger partial charge is 0.483 e. The molecule has 0 heterocycles. The van der Waals surface area contributed by atoms with Crippen LogP contribution >= 0.6 is 0 Å². The fourth-order valence-electron chi connectivity index (χ4n) is 2.08. The number of carbonyl (C=O) groups is 1. The number of ether oxygens (including phenoxy) is 1. The molecule has 0 saturated carbocycles. The summed E-state index contributed by atoms with van der Waals surface area (Å²) >= 11 is 0. The fraction of sp³-hybridized carbons (Fsp3) is 0.235. The van der Waals surface area contributed by atoms with Crippen molar-refractivity contribution < 1.29 is 14.6 Å². The highest BCUT2D eigenvalue weighted by molar-refractivity contribution is 5.92. The van der Waals surface area contributed by atoms with Gasteiger partial charge in [-0.2, -0.15) is 0 Å². The highest BCUT2D eigenvalue weighted by atomic mass is 16.5. The molecule has 1 amide bonds. The van der Waals surface area contributed by atoms with Crippen molar-refractivity contribution in [2.75, 3.05) is 11.9 Å². The summed E-state index contributed by atoms with van der Waals surface area (Å²) in [5.74, 6) is 0.344. The number of aryl methyl sites for hydroxylation is 2. The molecule has 0 aliphatic rings. The monoisotopic (exact) mass is 285 g/mol. The number of hydrogen-bond acceptors (Lipinski definition) is 3. The minimum absolute atomic E-state index is 0.0911. The number of carbonyl (C=O) groups excluding carboxylic acids is 1. The van der Waals surface area contributed by atoms with Gasteiger partial charge in [-0.3, -0.25) is 4.79 Å². The van der Waals surface area contributed by atoms with Crippen molar-refractivity contribution in [1.82, 2.24) is 0 Å². The molecule has 4 nitrogen and oxygen atoms in total. The van der Waals surface area contributed by atoms with Gasteiger partial charge < -0.3 is 15.2 Å². The number of rotatable bonds is 5. The van der Waals surface area contributed by atoms with Gasteiger partial charge in [0.15, 0.2) is 6.61 Å². The highest BCUT2D eigenvalue weighted by Crippen LogP contribution is 2.23. The molecule has 110 valence electrons. The normalized spacial score (nSPS) is 10.2. The summed E-state index contributed by atoms with van der Waals surface area (Å²) in [6.07, 6.45) is 0. The fourth-order valence-corrected chi connectivity index (χ4v) is 2.08. The molecule has 0 aliphatic heterocycles. The van der Waals surface area contributed by atoms with Crippen LogP contribution in [-0.4, -0.2) is 17.6 Å². The first-order valence-electron chi connectivity index (χ1n) is 6.79. The zero-order valence-corrected chi connectivity index (χ0v) is 12.2. The van der Waals surface area contributed by atoms with Gasteiger partial charge >= 0.3 is 0 Å². The smallest absolute Gasteiger partial charge is 0.262 e. The van der Waals surface area contributed by atoms with Crippen molar-refractivity contribution in [3.05, 3.63) is 59.2 Å². The lowest BCUT2D eigenvalue weighted by molar-refractivity contribution is -0.118. The van der Waals surface area contributed by atoms with Crippen LogP contribution in [0.15, 0.2) is 42.5 Å². The van der Waals surface area contributed by atoms with Crippen LogP contribution in [0.2, 0.25) is 0 Å². The molecule has 0 saturated heterocycles. The van der Waals surface area contributed by atoms with Crippen LogP contribution < -0.4 is 10.1 Å². The first-order chi connectivity index (χ1) is 10.1. The number of nitrogens with one attached hydrogen (secondary N) is 1. The number of para-hydroxylation sites is 2. The van der Waals surface area contributed by atoms with E-state index >= 15 is 0 Å². The average Bonchev–Trinajstić information content (AvgIpc) is 2.48. The van der Waals surface area contributed by atoms with Crippen molar-refractivity contribution in [1.29, 1.82) is 0 Å². The molecular weight excluding hydrogens is 266 g/mol. The van der Waals surface area contributed by atoms with E-state index in [1.165, 1.54) is 0 Å². The average molecular weight is 285 g/mol. The lowest BCUT2D eigenvalue weighted by Gasteiger charge is -2.13. The summed E-state index contributed by atoms with van der Waals surface area (Å²) in [6, 6.07) is 13.1. The molecule has 0 fully saturated rings. The van der Waals surface area contributed by atoms with Gasteiger partial charge in [0.25, 0.3) is 5.91 Å². The van der Waals surface area contributed by atoms with Crippen molar-refractivity contribution in [2.45, 2.75) is 20.5 Å². The molecule has 0 radical (unpaired) electrons. The SMILES string of the molecule is Cc1ccccc1NC(=O)COc1c(C)cccc1CO. The molecule has 4 heteroatoms. The Morgan fingerprint density at radius 3 is 2.52 bits per heavy atom. The quantitative estimate of drug-likeness (QED) is 0.888. The number of amides is 1. The van der Waals surface area contributed by atoms with E-state index in [-0.39, 0.29) is 19.1 Å². The predicted molar refractivity (Wildman–Crippen MR) is 82.4 cm³/mol. The Hall–Kier alpha value is -2.33. The van der Waals surface area contributed by atoms with Crippen molar-refractivity contribution >= 4 is 11.6 Å². The molecule has 0 aromatic heterocycles. The van der Waals surface area contributed by atoms with Crippen LogP contribution in [0.3, 0.4) is 0 Å². The first-order valence-corrected chi connectivity index (χ1v) is 6.79. The van der Waals surface area contributed by atoms with Gasteiger partial charge in [0.1, 0.15) is 5.75 Å². The minimum atomic E-state index is -0.226. The van der Waals surface area contributed by atoms with Crippen LogP contribution in [0.5, 0.6) is 5.75 Å². The second-order valence-corrected chi connectivity index (χ2v) is 4.87. The molecular formula is C17H19NO3. The maximum atomic E-state index is 12.0. The Labute approximate surface area is 124 Å². The molecule has 2 aromatic rings. The Morgan fingerprint density at radius 1 is 1.10 bits per heavy atom. The number of benzene rings is 2. The first kappa shape index (κ1) is 15.1. The van der Waals surface area contributed by atoms with Gasteiger partial charge in [0.2, 0.25) is 0 Å². The van der Waals surface area contributed by atoms with Crippen LogP contribution in [0, 0.1) is 13.8 Å². The van der Waals surface area contributed by atoms with Gasteiger partial charge in [0, 0.05) is 11.3 Å². The summed E-state index contributed by atoms with van der Waals surface area (Å²) in [4.78, 5) is 12.0. The van der Waals surface area contributed by atoms with E-state index in [2.05, 4.69) is 5.32 Å². The molecule has 0 aliphatic carbocycles. The van der Waals surface area contributed by atoms with E-state index in [4.69, 9.17) is 4.74 Å². The van der Waals surface area contributed by atoms with Crippen LogP contribution in [0.25, 0.3) is 0 Å². The summed E-state index contributed by atoms with van der Waals surface area (Å²) < 4.78 is 5.56. The molecule has 0 atom stereocenters. The molecule has 2 N–H and O–H groups in total. The highest BCUT2D eigenvalue weighted by Gasteiger charge is 2.10. The lowest BCUT2D eigenvalue weighted by Crippen LogP contribution is -2.21. The second kappa shape index (κ2) is 6.90. The standard InChI is InChI=1S/C17H19NO3/c1-12-6-3-4-9-15(12)18-16(20)11-21-17-13(2)7-5-8-14(17)10-19/h3-9,19H,10-11H2,1-2H3,(H,18,20). The van der Waals surface area contributed by atoms with Crippen LogP contribution in [-0.2, 0) is 11.4 Å². The third-order valence-corrected chi connectivity index (χ3v) is 3.23. The van der Waals surface area contributed by atoms with Crippen molar-refractivity contribution in [3.63, 3.8) is 0 Å². The number of aliphatic hydroxyl groups excluding tert-OH is 1. The van der Waals surface area contributed by atoms with E-state index in [1.807, 2.05) is 50.2 Å². The Morgan fingerprint density at radius 2 is 1.81 bits per heavy atom. The maximum absolute atomic E-state index is 12.0. The topological polar surface area (TPSA) is 58.6 Å². The van der Waals surface area contributed by atoms with Gasteiger partial charge in [-0.25, -0.2) is 0 Å².